The van der Waals surface area contributed by atoms with Gasteiger partial charge in [0.05, 0.1) is 11.4 Å². The molecule has 33 heavy (non-hydrogen) atoms. The summed E-state index contributed by atoms with van der Waals surface area (Å²) in [6.07, 6.45) is 1.64. The second-order valence-electron chi connectivity index (χ2n) is 7.03. The average molecular weight is 539 g/mol. The predicted octanol–water partition coefficient (Wildman–Crippen LogP) is 8.12. The fraction of sp³-hybridized carbons (Fsp3) is 0.0833. The van der Waals surface area contributed by atoms with Crippen molar-refractivity contribution in [2.45, 2.75) is 13.2 Å². The lowest BCUT2D eigenvalue weighted by molar-refractivity contribution is -0.123. The minimum Gasteiger partial charge on any atom is -0.488 e. The number of rotatable bonds is 6. The molecule has 0 N–H and O–H groups in total. The molecule has 1 aliphatic heterocycles. The molecule has 1 fully saturated rings. The van der Waals surface area contributed by atoms with E-state index in [4.69, 9.17) is 51.1 Å². The number of nitrogens with zero attached hydrogens (tertiary/aromatic N) is 1. The summed E-state index contributed by atoms with van der Waals surface area (Å²) in [7, 11) is 0. The molecule has 0 radical (unpaired) electrons. The summed E-state index contributed by atoms with van der Waals surface area (Å²) >= 11 is 25.4. The largest absolute Gasteiger partial charge is 0.488 e. The number of thioether (sulfide) groups is 1. The molecule has 0 bridgehead atoms. The Morgan fingerprint density at radius 1 is 0.879 bits per heavy atom. The molecule has 4 nitrogen and oxygen atoms in total. The number of benzene rings is 3. The number of para-hydroxylation sites is 1. The maximum atomic E-state index is 13.0. The summed E-state index contributed by atoms with van der Waals surface area (Å²) in [5, 5.41) is 1.43. The highest BCUT2D eigenvalue weighted by atomic mass is 35.5. The fourth-order valence-electron chi connectivity index (χ4n) is 3.14. The molecule has 0 spiro atoms. The van der Waals surface area contributed by atoms with Gasteiger partial charge in [0.2, 0.25) is 0 Å². The Labute approximate surface area is 215 Å². The lowest BCUT2D eigenvalue weighted by Crippen LogP contribution is -2.27. The molecule has 1 aliphatic rings. The molecule has 168 valence electrons. The van der Waals surface area contributed by atoms with E-state index < -0.39 is 11.1 Å². The lowest BCUT2D eigenvalue weighted by Gasteiger charge is -2.14. The Morgan fingerprint density at radius 3 is 2.33 bits per heavy atom. The highest BCUT2D eigenvalue weighted by molar-refractivity contribution is 8.18. The Bertz CT molecular complexity index is 1260. The zero-order chi connectivity index (χ0) is 23.5. The quantitative estimate of drug-likeness (QED) is 0.297. The molecule has 9 heteroatoms. The number of imide groups is 1. The Morgan fingerprint density at radius 2 is 1.61 bits per heavy atom. The number of ether oxygens (including phenoxy) is 1. The normalized spacial score (nSPS) is 14.9. The molecule has 2 amide bonds. The molecule has 0 atom stereocenters. The van der Waals surface area contributed by atoms with Crippen molar-refractivity contribution in [3.8, 4) is 5.75 Å². The molecular formula is C24H15Cl4NO3S. The second-order valence-corrected chi connectivity index (χ2v) is 9.68. The van der Waals surface area contributed by atoms with Crippen LogP contribution in [0, 0.1) is 0 Å². The van der Waals surface area contributed by atoms with Crippen molar-refractivity contribution in [3.05, 3.63) is 102 Å². The molecule has 0 aliphatic carbocycles. The van der Waals surface area contributed by atoms with Gasteiger partial charge in [0, 0.05) is 36.8 Å². The first-order valence-corrected chi connectivity index (χ1v) is 12.0. The fourth-order valence-corrected chi connectivity index (χ4v) is 4.95. The molecule has 0 saturated carbocycles. The minimum absolute atomic E-state index is 0.00622. The van der Waals surface area contributed by atoms with Gasteiger partial charge in [0.15, 0.2) is 0 Å². The van der Waals surface area contributed by atoms with Gasteiger partial charge in [-0.25, -0.2) is 0 Å². The van der Waals surface area contributed by atoms with Gasteiger partial charge in [-0.2, -0.15) is 0 Å². The number of halogens is 4. The molecule has 1 saturated heterocycles. The maximum absolute atomic E-state index is 13.0. The second kappa shape index (κ2) is 10.4. The van der Waals surface area contributed by atoms with Crippen LogP contribution in [-0.4, -0.2) is 16.0 Å². The third-order valence-corrected chi connectivity index (χ3v) is 7.06. The summed E-state index contributed by atoms with van der Waals surface area (Å²) in [6.45, 7) is 0.209. The van der Waals surface area contributed by atoms with Crippen LogP contribution in [0.1, 0.15) is 16.7 Å². The van der Waals surface area contributed by atoms with E-state index in [2.05, 4.69) is 0 Å². The van der Waals surface area contributed by atoms with Crippen LogP contribution in [0.5, 0.6) is 5.75 Å². The summed E-state index contributed by atoms with van der Waals surface area (Å²) in [5.74, 6) is 0.126. The van der Waals surface area contributed by atoms with E-state index >= 15 is 0 Å². The van der Waals surface area contributed by atoms with Crippen molar-refractivity contribution >= 4 is 75.4 Å². The van der Waals surface area contributed by atoms with E-state index in [1.165, 1.54) is 0 Å². The summed E-state index contributed by atoms with van der Waals surface area (Å²) in [6, 6.07) is 17.4. The van der Waals surface area contributed by atoms with Crippen LogP contribution >= 0.6 is 58.2 Å². The highest BCUT2D eigenvalue weighted by Crippen LogP contribution is 2.37. The van der Waals surface area contributed by atoms with E-state index in [0.29, 0.717) is 37.0 Å². The number of carbonyl (C=O) groups is 2. The summed E-state index contributed by atoms with van der Waals surface area (Å²) < 4.78 is 5.94. The number of carbonyl (C=O) groups excluding carboxylic acids is 2. The van der Waals surface area contributed by atoms with Crippen molar-refractivity contribution in [1.82, 2.24) is 4.90 Å². The van der Waals surface area contributed by atoms with Gasteiger partial charge in [-0.15, -0.1) is 0 Å². The van der Waals surface area contributed by atoms with Gasteiger partial charge in [0.1, 0.15) is 12.4 Å². The monoisotopic (exact) mass is 537 g/mol. The molecule has 0 aromatic heterocycles. The van der Waals surface area contributed by atoms with Gasteiger partial charge < -0.3 is 4.74 Å². The van der Waals surface area contributed by atoms with Gasteiger partial charge in [-0.3, -0.25) is 14.5 Å². The third kappa shape index (κ3) is 5.51. The van der Waals surface area contributed by atoms with E-state index in [0.717, 1.165) is 22.2 Å². The van der Waals surface area contributed by atoms with E-state index in [1.807, 2.05) is 12.1 Å². The molecule has 3 aromatic rings. The SMILES string of the molecule is O=C1S/C(=C/c2ccccc2OCc2ccc(Cl)cc2Cl)C(=O)N1Cc1c(Cl)cccc1Cl. The third-order valence-electron chi connectivity index (χ3n) is 4.86. The van der Waals surface area contributed by atoms with Crippen molar-refractivity contribution in [3.63, 3.8) is 0 Å². The van der Waals surface area contributed by atoms with Gasteiger partial charge in [0.25, 0.3) is 11.1 Å². The molecule has 3 aromatic carbocycles. The Balaban J connectivity index is 1.54. The zero-order valence-electron chi connectivity index (χ0n) is 16.9. The minimum atomic E-state index is -0.420. The Hall–Kier alpha value is -2.15. The predicted molar refractivity (Wildman–Crippen MR) is 135 cm³/mol. The Kier molecular flexibility index (Phi) is 7.57. The van der Waals surface area contributed by atoms with Crippen molar-refractivity contribution in [1.29, 1.82) is 0 Å². The van der Waals surface area contributed by atoms with Gasteiger partial charge >= 0.3 is 0 Å². The maximum Gasteiger partial charge on any atom is 0.293 e. The van der Waals surface area contributed by atoms with Crippen LogP contribution in [0.2, 0.25) is 20.1 Å². The van der Waals surface area contributed by atoms with E-state index in [1.54, 1.807) is 54.6 Å². The van der Waals surface area contributed by atoms with Gasteiger partial charge in [-0.05, 0) is 48.2 Å². The van der Waals surface area contributed by atoms with Gasteiger partial charge in [-0.1, -0.05) is 76.7 Å². The van der Waals surface area contributed by atoms with E-state index in [-0.39, 0.29) is 18.1 Å². The summed E-state index contributed by atoms with van der Waals surface area (Å²) in [4.78, 5) is 26.9. The zero-order valence-corrected chi connectivity index (χ0v) is 20.7. The van der Waals surface area contributed by atoms with Crippen molar-refractivity contribution in [2.24, 2.45) is 0 Å². The smallest absolute Gasteiger partial charge is 0.293 e. The number of amides is 2. The van der Waals surface area contributed by atoms with Crippen molar-refractivity contribution in [2.75, 3.05) is 0 Å². The van der Waals surface area contributed by atoms with Crippen LogP contribution in [0.3, 0.4) is 0 Å². The first-order chi connectivity index (χ1) is 15.8. The van der Waals surface area contributed by atoms with Crippen LogP contribution in [0.4, 0.5) is 4.79 Å². The van der Waals surface area contributed by atoms with Crippen LogP contribution < -0.4 is 4.74 Å². The molecule has 1 heterocycles. The standard InChI is InChI=1S/C24H15Cl4NO3S/c25-16-9-8-15(20(28)11-16)13-32-21-7-2-1-4-14(21)10-22-23(30)29(24(31)33-22)12-17-18(26)5-3-6-19(17)27/h1-11H,12-13H2/b22-10+. The number of hydrogen-bond donors (Lipinski definition) is 0. The highest BCUT2D eigenvalue weighted by Gasteiger charge is 2.36. The van der Waals surface area contributed by atoms with Crippen molar-refractivity contribution < 1.29 is 14.3 Å². The first-order valence-electron chi connectivity index (χ1n) is 9.67. The number of hydrogen-bond acceptors (Lipinski definition) is 4. The molecule has 0 unspecified atom stereocenters. The lowest BCUT2D eigenvalue weighted by atomic mass is 10.1. The molecule has 4 rings (SSSR count). The average Bonchev–Trinajstić information content (AvgIpc) is 3.04. The summed E-state index contributed by atoms with van der Waals surface area (Å²) in [5.41, 5.74) is 1.95. The first kappa shape index (κ1) is 24.0. The van der Waals surface area contributed by atoms with Crippen LogP contribution in [0.15, 0.2) is 65.6 Å². The van der Waals surface area contributed by atoms with Crippen LogP contribution in [0.25, 0.3) is 6.08 Å². The molecular weight excluding hydrogens is 524 g/mol. The topological polar surface area (TPSA) is 46.6 Å². The van der Waals surface area contributed by atoms with E-state index in [9.17, 15) is 9.59 Å². The van der Waals surface area contributed by atoms with Crippen LogP contribution in [-0.2, 0) is 17.9 Å².